The van der Waals surface area contributed by atoms with Crippen LogP contribution in [0.2, 0.25) is 0 Å². The van der Waals surface area contributed by atoms with Gasteiger partial charge in [0.25, 0.3) is 0 Å². The van der Waals surface area contributed by atoms with Gasteiger partial charge in [-0.05, 0) is 42.2 Å². The molecule has 5 nitrogen and oxygen atoms in total. The summed E-state index contributed by atoms with van der Waals surface area (Å²) in [6, 6.07) is 13.9. The summed E-state index contributed by atoms with van der Waals surface area (Å²) in [7, 11) is 0. The van der Waals surface area contributed by atoms with Crippen LogP contribution in [-0.4, -0.2) is 18.4 Å². The number of amides is 2. The number of carbonyl (C=O) groups excluding carboxylic acids is 2. The van der Waals surface area contributed by atoms with Crippen molar-refractivity contribution in [2.24, 2.45) is 0 Å². The van der Waals surface area contributed by atoms with E-state index in [4.69, 9.17) is 4.42 Å². The van der Waals surface area contributed by atoms with E-state index in [1.807, 2.05) is 41.3 Å². The summed E-state index contributed by atoms with van der Waals surface area (Å²) in [5.74, 6) is 0.139. The second-order valence-corrected chi connectivity index (χ2v) is 7.21. The number of benzene rings is 2. The van der Waals surface area contributed by atoms with Gasteiger partial charge in [-0.1, -0.05) is 31.2 Å². The first-order valence-electron chi connectivity index (χ1n) is 9.79. The predicted octanol–water partition coefficient (Wildman–Crippen LogP) is 3.98. The Hall–Kier alpha value is -3.08. The topological polar surface area (TPSA) is 62.6 Å². The second kappa shape index (κ2) is 7.89. The van der Waals surface area contributed by atoms with Crippen LogP contribution in [0.25, 0.3) is 11.0 Å². The molecule has 0 spiro atoms. The Labute approximate surface area is 164 Å². The molecule has 4 rings (SSSR count). The molecule has 3 aromatic rings. The van der Waals surface area contributed by atoms with Gasteiger partial charge in [0.2, 0.25) is 11.8 Å². The summed E-state index contributed by atoms with van der Waals surface area (Å²) in [6.45, 7) is 3.35. The fourth-order valence-electron chi connectivity index (χ4n) is 3.64. The third kappa shape index (κ3) is 3.79. The van der Waals surface area contributed by atoms with Gasteiger partial charge in [-0.15, -0.1) is 0 Å². The number of furan rings is 1. The summed E-state index contributed by atoms with van der Waals surface area (Å²) in [5, 5.41) is 3.95. The summed E-state index contributed by atoms with van der Waals surface area (Å²) in [4.78, 5) is 26.0. The van der Waals surface area contributed by atoms with Crippen molar-refractivity contribution in [2.75, 3.05) is 11.4 Å². The average molecular weight is 376 g/mol. The highest BCUT2D eigenvalue weighted by molar-refractivity contribution is 5.95. The van der Waals surface area contributed by atoms with E-state index in [0.29, 0.717) is 19.4 Å². The lowest BCUT2D eigenvalue weighted by molar-refractivity contribution is -0.120. The van der Waals surface area contributed by atoms with Crippen LogP contribution in [0.15, 0.2) is 53.1 Å². The molecule has 2 heterocycles. The zero-order valence-corrected chi connectivity index (χ0v) is 16.0. The molecule has 1 saturated heterocycles. The van der Waals surface area contributed by atoms with Crippen molar-refractivity contribution in [1.82, 2.24) is 5.32 Å². The molecule has 0 aliphatic carbocycles. The van der Waals surface area contributed by atoms with E-state index in [1.54, 1.807) is 6.26 Å². The van der Waals surface area contributed by atoms with Gasteiger partial charge in [-0.2, -0.15) is 0 Å². The van der Waals surface area contributed by atoms with Crippen LogP contribution in [0.3, 0.4) is 0 Å². The molecule has 0 saturated carbocycles. The maximum atomic E-state index is 12.4. The lowest BCUT2D eigenvalue weighted by Crippen LogP contribution is -2.25. The van der Waals surface area contributed by atoms with E-state index in [0.717, 1.165) is 47.2 Å². The third-order valence-corrected chi connectivity index (χ3v) is 5.29. The molecule has 1 N–H and O–H groups in total. The highest BCUT2D eigenvalue weighted by Crippen LogP contribution is 2.24. The molecule has 2 amide bonds. The van der Waals surface area contributed by atoms with Crippen molar-refractivity contribution in [2.45, 2.75) is 39.2 Å². The van der Waals surface area contributed by atoms with E-state index < -0.39 is 0 Å². The number of nitrogens with zero attached hydrogens (tertiary/aromatic N) is 1. The minimum Gasteiger partial charge on any atom is -0.464 e. The average Bonchev–Trinajstić information content (AvgIpc) is 3.32. The van der Waals surface area contributed by atoms with Crippen LogP contribution in [0.1, 0.15) is 36.5 Å². The van der Waals surface area contributed by atoms with Crippen molar-refractivity contribution in [3.63, 3.8) is 0 Å². The first kappa shape index (κ1) is 18.3. The summed E-state index contributed by atoms with van der Waals surface area (Å²) in [6.07, 6.45) is 4.46. The van der Waals surface area contributed by atoms with E-state index >= 15 is 0 Å². The van der Waals surface area contributed by atoms with Gasteiger partial charge in [0.15, 0.2) is 0 Å². The van der Waals surface area contributed by atoms with Gasteiger partial charge in [-0.3, -0.25) is 9.59 Å². The van der Waals surface area contributed by atoms with Crippen molar-refractivity contribution >= 4 is 28.5 Å². The van der Waals surface area contributed by atoms with Gasteiger partial charge in [0, 0.05) is 36.1 Å². The second-order valence-electron chi connectivity index (χ2n) is 7.21. The molecule has 1 fully saturated rings. The largest absolute Gasteiger partial charge is 0.464 e. The molecule has 1 aromatic heterocycles. The standard InChI is InChI=1S/C23H24N2O3/c1-2-16-7-10-20-18(15-28-21(20)12-16)13-22(26)24-14-17-5-8-19(9-6-17)25-11-3-4-23(25)27/h5-10,12,15H,2-4,11,13-14H2,1H3,(H,24,26). The first-order chi connectivity index (χ1) is 13.6. The molecule has 0 bridgehead atoms. The Morgan fingerprint density at radius 1 is 1.14 bits per heavy atom. The number of hydrogen-bond donors (Lipinski definition) is 1. The van der Waals surface area contributed by atoms with Gasteiger partial charge in [0.1, 0.15) is 5.58 Å². The Morgan fingerprint density at radius 2 is 1.93 bits per heavy atom. The molecule has 28 heavy (non-hydrogen) atoms. The molecule has 1 aliphatic rings. The smallest absolute Gasteiger partial charge is 0.227 e. The number of fused-ring (bicyclic) bond motifs is 1. The van der Waals surface area contributed by atoms with Gasteiger partial charge < -0.3 is 14.6 Å². The summed E-state index contributed by atoms with van der Waals surface area (Å²) < 4.78 is 5.61. The fraction of sp³-hybridized carbons (Fsp3) is 0.304. The van der Waals surface area contributed by atoms with Crippen LogP contribution in [-0.2, 0) is 29.0 Å². The molecule has 0 unspecified atom stereocenters. The first-order valence-corrected chi connectivity index (χ1v) is 9.79. The van der Waals surface area contributed by atoms with Crippen molar-refractivity contribution in [3.8, 4) is 0 Å². The van der Waals surface area contributed by atoms with Gasteiger partial charge in [-0.25, -0.2) is 0 Å². The van der Waals surface area contributed by atoms with Crippen molar-refractivity contribution in [1.29, 1.82) is 0 Å². The minimum atomic E-state index is -0.0407. The van der Waals surface area contributed by atoms with Crippen molar-refractivity contribution < 1.29 is 14.0 Å². The lowest BCUT2D eigenvalue weighted by atomic mass is 10.1. The van der Waals surface area contributed by atoms with Crippen LogP contribution in [0.4, 0.5) is 5.69 Å². The van der Waals surface area contributed by atoms with Crippen LogP contribution >= 0.6 is 0 Å². The number of anilines is 1. The molecular formula is C23H24N2O3. The number of nitrogens with one attached hydrogen (secondary N) is 1. The van der Waals surface area contributed by atoms with E-state index in [2.05, 4.69) is 18.3 Å². The third-order valence-electron chi connectivity index (χ3n) is 5.29. The number of rotatable bonds is 6. The Kier molecular flexibility index (Phi) is 5.15. The maximum absolute atomic E-state index is 12.4. The normalized spacial score (nSPS) is 14.0. The summed E-state index contributed by atoms with van der Waals surface area (Å²) in [5.41, 5.74) is 4.88. The molecular weight excluding hydrogens is 352 g/mol. The Balaban J connectivity index is 1.35. The lowest BCUT2D eigenvalue weighted by Gasteiger charge is -2.16. The molecule has 144 valence electrons. The monoisotopic (exact) mass is 376 g/mol. The van der Waals surface area contributed by atoms with Gasteiger partial charge >= 0.3 is 0 Å². The van der Waals surface area contributed by atoms with Gasteiger partial charge in [0.05, 0.1) is 12.7 Å². The Bertz CT molecular complexity index is 1000. The van der Waals surface area contributed by atoms with E-state index in [9.17, 15) is 9.59 Å². The maximum Gasteiger partial charge on any atom is 0.227 e. The molecule has 2 aromatic carbocycles. The minimum absolute atomic E-state index is 0.0407. The fourth-order valence-corrected chi connectivity index (χ4v) is 3.64. The molecule has 5 heteroatoms. The Morgan fingerprint density at radius 3 is 2.64 bits per heavy atom. The molecule has 1 aliphatic heterocycles. The molecule has 0 atom stereocenters. The zero-order chi connectivity index (χ0) is 19.5. The number of aryl methyl sites for hydroxylation is 1. The van der Waals surface area contributed by atoms with Crippen LogP contribution < -0.4 is 10.2 Å². The SMILES string of the molecule is CCc1ccc2c(CC(=O)NCc3ccc(N4CCCC4=O)cc3)coc2c1. The van der Waals surface area contributed by atoms with E-state index in [1.165, 1.54) is 5.56 Å². The van der Waals surface area contributed by atoms with E-state index in [-0.39, 0.29) is 11.8 Å². The highest BCUT2D eigenvalue weighted by Gasteiger charge is 2.21. The number of hydrogen-bond acceptors (Lipinski definition) is 3. The highest BCUT2D eigenvalue weighted by atomic mass is 16.3. The summed E-state index contributed by atoms with van der Waals surface area (Å²) >= 11 is 0. The zero-order valence-electron chi connectivity index (χ0n) is 16.0. The molecule has 0 radical (unpaired) electrons. The van der Waals surface area contributed by atoms with Crippen LogP contribution in [0.5, 0.6) is 0 Å². The quantitative estimate of drug-likeness (QED) is 0.708. The number of carbonyl (C=O) groups is 2. The van der Waals surface area contributed by atoms with Crippen molar-refractivity contribution in [3.05, 3.63) is 65.4 Å². The van der Waals surface area contributed by atoms with Crippen LogP contribution in [0, 0.1) is 0 Å². The predicted molar refractivity (Wildman–Crippen MR) is 109 cm³/mol.